The Morgan fingerprint density at radius 1 is 1.21 bits per heavy atom. The summed E-state index contributed by atoms with van der Waals surface area (Å²) in [7, 11) is 1.53. The summed E-state index contributed by atoms with van der Waals surface area (Å²) < 4.78 is 29.5. The number of fused-ring (bicyclic) bond motifs is 1. The fourth-order valence-electron chi connectivity index (χ4n) is 3.19. The Labute approximate surface area is 180 Å². The average Bonchev–Trinajstić information content (AvgIpc) is 2.61. The minimum Gasteiger partial charge on any atom is -0.319 e. The van der Waals surface area contributed by atoms with E-state index in [1.807, 2.05) is 39.9 Å². The van der Waals surface area contributed by atoms with Crippen molar-refractivity contribution < 1.29 is 8.42 Å². The monoisotopic (exact) mass is 487 g/mol. The summed E-state index contributed by atoms with van der Waals surface area (Å²) in [5.74, 6) is 5.93. The maximum Gasteiger partial charge on any atom is 0.258 e. The smallest absolute Gasteiger partial charge is 0.258 e. The van der Waals surface area contributed by atoms with Gasteiger partial charge in [0.15, 0.2) is 0 Å². The number of likely N-dealkylation sites (N-methyl/N-ethyl adjacent to an activating group) is 1. The summed E-state index contributed by atoms with van der Waals surface area (Å²) in [5.41, 5.74) is -0.483. The van der Waals surface area contributed by atoms with Gasteiger partial charge in [-0.1, -0.05) is 29.8 Å². The van der Waals surface area contributed by atoms with Gasteiger partial charge in [0.05, 0.1) is 0 Å². The maximum atomic E-state index is 13.3. The number of hydrazine groups is 1. The zero-order valence-electron chi connectivity index (χ0n) is 17.6. The van der Waals surface area contributed by atoms with Gasteiger partial charge in [0, 0.05) is 47.6 Å². The summed E-state index contributed by atoms with van der Waals surface area (Å²) in [6.45, 7) is 5.68. The quantitative estimate of drug-likeness (QED) is 0.409. The van der Waals surface area contributed by atoms with Gasteiger partial charge in [0.1, 0.15) is 4.90 Å². The number of nitrogens with zero attached hydrogens (tertiary/aromatic N) is 3. The van der Waals surface area contributed by atoms with Gasteiger partial charge >= 0.3 is 0 Å². The normalized spacial score (nSPS) is 13.0. The third kappa shape index (κ3) is 5.65. The van der Waals surface area contributed by atoms with Gasteiger partial charge < -0.3 is 14.8 Å². The van der Waals surface area contributed by atoms with Crippen LogP contribution in [0.15, 0.2) is 38.6 Å². The van der Waals surface area contributed by atoms with Crippen LogP contribution in [0.25, 0.3) is 10.8 Å². The van der Waals surface area contributed by atoms with Crippen LogP contribution in [0.2, 0.25) is 0 Å². The molecule has 1 aromatic carbocycles. The molecule has 0 aliphatic heterocycles. The fraction of sp³-hybridized carbons (Fsp3) is 0.526. The summed E-state index contributed by atoms with van der Waals surface area (Å²) in [5, 5.41) is 3.81. The fourth-order valence-corrected chi connectivity index (χ4v) is 4.84. The highest BCUT2D eigenvalue weighted by Gasteiger charge is 2.27. The first kappa shape index (κ1) is 24.0. The lowest BCUT2D eigenvalue weighted by molar-refractivity contribution is 0.293. The average molecular weight is 488 g/mol. The first-order valence-electron chi connectivity index (χ1n) is 9.28. The molecule has 0 saturated carbocycles. The van der Waals surface area contributed by atoms with E-state index in [9.17, 15) is 13.2 Å². The van der Waals surface area contributed by atoms with Crippen LogP contribution in [-0.2, 0) is 16.6 Å². The van der Waals surface area contributed by atoms with Gasteiger partial charge in [-0.15, -0.1) is 4.41 Å². The van der Waals surface area contributed by atoms with Crippen LogP contribution in [0.3, 0.4) is 0 Å². The topological polar surface area (TPSA) is 101 Å². The third-order valence-electron chi connectivity index (χ3n) is 4.62. The largest absolute Gasteiger partial charge is 0.319 e. The van der Waals surface area contributed by atoms with E-state index in [-0.39, 0.29) is 22.4 Å². The molecule has 0 unspecified atom stereocenters. The molecule has 0 aliphatic carbocycles. The van der Waals surface area contributed by atoms with Crippen molar-refractivity contribution in [3.8, 4) is 0 Å². The summed E-state index contributed by atoms with van der Waals surface area (Å²) in [6.07, 6.45) is 1.42. The van der Waals surface area contributed by atoms with Crippen molar-refractivity contribution in [1.29, 1.82) is 0 Å². The van der Waals surface area contributed by atoms with E-state index in [0.29, 0.717) is 34.9 Å². The van der Waals surface area contributed by atoms with Crippen LogP contribution in [0.5, 0.6) is 0 Å². The van der Waals surface area contributed by atoms with Crippen molar-refractivity contribution in [2.24, 2.45) is 11.3 Å². The minimum atomic E-state index is -4.00. The molecule has 162 valence electrons. The number of rotatable bonds is 9. The lowest BCUT2D eigenvalue weighted by atomic mass is 9.93. The molecule has 29 heavy (non-hydrogen) atoms. The Kier molecular flexibility index (Phi) is 7.63. The van der Waals surface area contributed by atoms with Crippen LogP contribution < -0.4 is 16.7 Å². The number of benzene rings is 1. The zero-order chi connectivity index (χ0) is 22.0. The first-order valence-corrected chi connectivity index (χ1v) is 11.5. The van der Waals surface area contributed by atoms with Crippen LogP contribution in [0, 0.1) is 5.41 Å². The zero-order valence-corrected chi connectivity index (χ0v) is 20.0. The summed E-state index contributed by atoms with van der Waals surface area (Å²) in [6, 6.07) is 5.02. The first-order chi connectivity index (χ1) is 13.4. The van der Waals surface area contributed by atoms with Gasteiger partial charge in [0.2, 0.25) is 0 Å². The van der Waals surface area contributed by atoms with Crippen molar-refractivity contribution in [1.82, 2.24) is 19.2 Å². The molecule has 0 radical (unpaired) electrons. The minimum absolute atomic E-state index is 0.0231. The van der Waals surface area contributed by atoms with E-state index in [1.165, 1.54) is 10.8 Å². The Balaban J connectivity index is 2.68. The number of aromatic nitrogens is 1. The third-order valence-corrected chi connectivity index (χ3v) is 6.79. The second-order valence-corrected chi connectivity index (χ2v) is 11.0. The van der Waals surface area contributed by atoms with Crippen LogP contribution in [-0.4, -0.2) is 63.1 Å². The SMILES string of the molecule is CNCC(C)(C)Cn1cc(S(=O)(=O)N(N)CCN(C)C)c2cc(Br)ccc2c1=O. The van der Waals surface area contributed by atoms with Crippen molar-refractivity contribution in [2.75, 3.05) is 40.8 Å². The van der Waals surface area contributed by atoms with Gasteiger partial charge in [0.25, 0.3) is 15.6 Å². The van der Waals surface area contributed by atoms with E-state index in [1.54, 1.807) is 18.2 Å². The number of nitrogens with two attached hydrogens (primary N) is 1. The molecule has 10 heteroatoms. The van der Waals surface area contributed by atoms with Crippen molar-refractivity contribution >= 4 is 36.7 Å². The molecule has 8 nitrogen and oxygen atoms in total. The number of pyridine rings is 1. The van der Waals surface area contributed by atoms with Crippen molar-refractivity contribution in [2.45, 2.75) is 25.3 Å². The van der Waals surface area contributed by atoms with Crippen LogP contribution >= 0.6 is 15.9 Å². The number of halogens is 1. The van der Waals surface area contributed by atoms with Crippen LogP contribution in [0.4, 0.5) is 0 Å². The predicted molar refractivity (Wildman–Crippen MR) is 120 cm³/mol. The van der Waals surface area contributed by atoms with E-state index in [4.69, 9.17) is 5.84 Å². The van der Waals surface area contributed by atoms with E-state index >= 15 is 0 Å². The standard InChI is InChI=1S/C19H30BrN5O3S/c1-19(2,12-22-3)13-24-11-17(29(27,28)25(21)9-8-23(4)5)16-10-14(20)6-7-15(16)18(24)26/h6-7,10-11,22H,8-9,12-13,21H2,1-5H3. The second kappa shape index (κ2) is 9.23. The maximum absolute atomic E-state index is 13.3. The second-order valence-electron chi connectivity index (χ2n) is 8.23. The number of sulfonamides is 1. The molecule has 0 amide bonds. The van der Waals surface area contributed by atoms with E-state index < -0.39 is 10.0 Å². The lowest BCUT2D eigenvalue weighted by Gasteiger charge is -2.26. The molecule has 0 aliphatic rings. The predicted octanol–water partition coefficient (Wildman–Crippen LogP) is 1.44. The summed E-state index contributed by atoms with van der Waals surface area (Å²) in [4.78, 5) is 14.9. The molecule has 1 heterocycles. The van der Waals surface area contributed by atoms with Gasteiger partial charge in [-0.3, -0.25) is 10.6 Å². The number of hydrogen-bond donors (Lipinski definition) is 2. The molecule has 2 rings (SSSR count). The van der Waals surface area contributed by atoms with Gasteiger partial charge in [-0.05, 0) is 44.8 Å². The number of hydrogen-bond acceptors (Lipinski definition) is 6. The molecule has 3 N–H and O–H groups in total. The highest BCUT2D eigenvalue weighted by molar-refractivity contribution is 9.10. The van der Waals surface area contributed by atoms with Gasteiger partial charge in [-0.2, -0.15) is 0 Å². The molecular formula is C19H30BrN5O3S. The highest BCUT2D eigenvalue weighted by Crippen LogP contribution is 2.27. The highest BCUT2D eigenvalue weighted by atomic mass is 79.9. The van der Waals surface area contributed by atoms with E-state index in [2.05, 4.69) is 21.2 Å². The Morgan fingerprint density at radius 3 is 2.45 bits per heavy atom. The molecular weight excluding hydrogens is 458 g/mol. The molecule has 2 aromatic rings. The number of nitrogens with one attached hydrogen (secondary N) is 1. The van der Waals surface area contributed by atoms with Crippen molar-refractivity contribution in [3.05, 3.63) is 39.2 Å². The lowest BCUT2D eigenvalue weighted by Crippen LogP contribution is -2.42. The molecule has 0 spiro atoms. The molecule has 0 saturated heterocycles. The molecule has 0 bridgehead atoms. The van der Waals surface area contributed by atoms with Crippen molar-refractivity contribution in [3.63, 3.8) is 0 Å². The molecule has 0 fully saturated rings. The summed E-state index contributed by atoms with van der Waals surface area (Å²) >= 11 is 3.37. The van der Waals surface area contributed by atoms with E-state index in [0.717, 1.165) is 4.41 Å². The Hall–Kier alpha value is -1.30. The molecule has 1 aromatic heterocycles. The Bertz CT molecular complexity index is 1030. The van der Waals surface area contributed by atoms with Gasteiger partial charge in [-0.25, -0.2) is 8.42 Å². The Morgan fingerprint density at radius 2 is 1.86 bits per heavy atom. The van der Waals surface area contributed by atoms with Crippen LogP contribution in [0.1, 0.15) is 13.8 Å². The molecule has 0 atom stereocenters.